The van der Waals surface area contributed by atoms with Crippen molar-refractivity contribution >= 4 is 27.5 Å². The van der Waals surface area contributed by atoms with Gasteiger partial charge in [0.2, 0.25) is 0 Å². The van der Waals surface area contributed by atoms with Gasteiger partial charge in [-0.2, -0.15) is 0 Å². The van der Waals surface area contributed by atoms with Crippen molar-refractivity contribution in [3.8, 4) is 0 Å². The fourth-order valence-electron chi connectivity index (χ4n) is 1.81. The monoisotopic (exact) mass is 313 g/mol. The zero-order valence-corrected chi connectivity index (χ0v) is 11.8. The summed E-state index contributed by atoms with van der Waals surface area (Å²) in [6.45, 7) is 0. The van der Waals surface area contributed by atoms with E-state index in [1.165, 1.54) is 5.56 Å². The number of likely N-dealkylation sites (N-methyl/N-ethyl adjacent to an activating group) is 1. The SMILES string of the molecule is CNC(Cc1ccoc1)c1cc(Cl)cc(Br)c1. The van der Waals surface area contributed by atoms with Crippen LogP contribution in [0.5, 0.6) is 0 Å². The molecule has 2 nitrogen and oxygen atoms in total. The third-order valence-corrected chi connectivity index (χ3v) is 3.33. The van der Waals surface area contributed by atoms with Crippen LogP contribution < -0.4 is 5.32 Å². The zero-order chi connectivity index (χ0) is 12.3. The molecule has 1 atom stereocenters. The first kappa shape index (κ1) is 12.7. The van der Waals surface area contributed by atoms with Crippen LogP contribution in [0.15, 0.2) is 45.7 Å². The lowest BCUT2D eigenvalue weighted by Gasteiger charge is -2.16. The number of benzene rings is 1. The molecule has 4 heteroatoms. The molecular weight excluding hydrogens is 302 g/mol. The van der Waals surface area contributed by atoms with E-state index in [1.807, 2.05) is 25.2 Å². The lowest BCUT2D eigenvalue weighted by atomic mass is 10.0. The van der Waals surface area contributed by atoms with Crippen molar-refractivity contribution in [3.63, 3.8) is 0 Å². The topological polar surface area (TPSA) is 25.2 Å². The van der Waals surface area contributed by atoms with Crippen molar-refractivity contribution in [3.05, 3.63) is 57.4 Å². The summed E-state index contributed by atoms with van der Waals surface area (Å²) in [6.07, 6.45) is 4.33. The summed E-state index contributed by atoms with van der Waals surface area (Å²) < 4.78 is 6.07. The fourth-order valence-corrected chi connectivity index (χ4v) is 2.69. The largest absolute Gasteiger partial charge is 0.472 e. The average Bonchev–Trinajstić information content (AvgIpc) is 2.77. The first-order valence-corrected chi connectivity index (χ1v) is 6.50. The highest BCUT2D eigenvalue weighted by Gasteiger charge is 2.12. The van der Waals surface area contributed by atoms with Gasteiger partial charge in [-0.3, -0.25) is 0 Å². The first-order chi connectivity index (χ1) is 8.19. The summed E-state index contributed by atoms with van der Waals surface area (Å²) in [6, 6.07) is 8.14. The van der Waals surface area contributed by atoms with Crippen molar-refractivity contribution in [2.24, 2.45) is 0 Å². The molecule has 0 saturated carbocycles. The number of hydrogen-bond donors (Lipinski definition) is 1. The van der Waals surface area contributed by atoms with E-state index in [0.29, 0.717) is 0 Å². The highest BCUT2D eigenvalue weighted by Crippen LogP contribution is 2.25. The molecule has 1 heterocycles. The van der Waals surface area contributed by atoms with Gasteiger partial charge in [0.05, 0.1) is 12.5 Å². The summed E-state index contributed by atoms with van der Waals surface area (Å²) in [5.74, 6) is 0. The van der Waals surface area contributed by atoms with Crippen molar-refractivity contribution in [1.82, 2.24) is 5.32 Å². The van der Waals surface area contributed by atoms with Crippen molar-refractivity contribution in [2.45, 2.75) is 12.5 Å². The number of nitrogens with one attached hydrogen (secondary N) is 1. The van der Waals surface area contributed by atoms with Gasteiger partial charge in [-0.1, -0.05) is 27.5 Å². The van der Waals surface area contributed by atoms with E-state index in [2.05, 4.69) is 27.3 Å². The second kappa shape index (κ2) is 5.71. The van der Waals surface area contributed by atoms with E-state index in [1.54, 1.807) is 12.5 Å². The molecule has 1 aromatic heterocycles. The predicted octanol–water partition coefficient (Wildman–Crippen LogP) is 4.20. The molecule has 1 unspecified atom stereocenters. The molecular formula is C13H13BrClNO. The Morgan fingerprint density at radius 2 is 2.24 bits per heavy atom. The van der Waals surface area contributed by atoms with Gasteiger partial charge in [-0.25, -0.2) is 0 Å². The van der Waals surface area contributed by atoms with Crippen LogP contribution in [0.1, 0.15) is 17.2 Å². The van der Waals surface area contributed by atoms with Gasteiger partial charge >= 0.3 is 0 Å². The van der Waals surface area contributed by atoms with Crippen LogP contribution >= 0.6 is 27.5 Å². The maximum absolute atomic E-state index is 6.06. The Hall–Kier alpha value is -0.770. The van der Waals surface area contributed by atoms with Crippen LogP contribution in [0.25, 0.3) is 0 Å². The van der Waals surface area contributed by atoms with Gasteiger partial charge in [0.1, 0.15) is 0 Å². The van der Waals surface area contributed by atoms with E-state index >= 15 is 0 Å². The Morgan fingerprint density at radius 3 is 2.82 bits per heavy atom. The van der Waals surface area contributed by atoms with Crippen LogP contribution in [0.3, 0.4) is 0 Å². The molecule has 17 heavy (non-hydrogen) atoms. The lowest BCUT2D eigenvalue weighted by Crippen LogP contribution is -2.18. The lowest BCUT2D eigenvalue weighted by molar-refractivity contribution is 0.551. The molecule has 1 N–H and O–H groups in total. The van der Waals surface area contributed by atoms with Gasteiger partial charge in [-0.05, 0) is 48.9 Å². The fraction of sp³-hybridized carbons (Fsp3) is 0.231. The molecule has 0 aliphatic heterocycles. The summed E-state index contributed by atoms with van der Waals surface area (Å²) in [4.78, 5) is 0. The Balaban J connectivity index is 2.22. The standard InChI is InChI=1S/C13H13BrClNO/c1-16-13(4-9-2-3-17-8-9)10-5-11(14)7-12(15)6-10/h2-3,5-8,13,16H,4H2,1H3. The third-order valence-electron chi connectivity index (χ3n) is 2.66. The van der Waals surface area contributed by atoms with Crippen molar-refractivity contribution in [2.75, 3.05) is 7.05 Å². The van der Waals surface area contributed by atoms with Crippen LogP contribution in [-0.2, 0) is 6.42 Å². The Bertz CT molecular complexity index is 464. The maximum Gasteiger partial charge on any atom is 0.0935 e. The summed E-state index contributed by atoms with van der Waals surface area (Å²) in [5.41, 5.74) is 2.33. The van der Waals surface area contributed by atoms with E-state index in [9.17, 15) is 0 Å². The Kier molecular flexibility index (Phi) is 4.26. The van der Waals surface area contributed by atoms with Crippen molar-refractivity contribution < 1.29 is 4.42 Å². The molecule has 1 aromatic carbocycles. The van der Waals surface area contributed by atoms with E-state index in [0.717, 1.165) is 21.5 Å². The summed E-state index contributed by atoms with van der Waals surface area (Å²) in [5, 5.41) is 4.03. The molecule has 0 radical (unpaired) electrons. The summed E-state index contributed by atoms with van der Waals surface area (Å²) >= 11 is 9.51. The Labute approximate surface area is 114 Å². The smallest absolute Gasteiger partial charge is 0.0935 e. The molecule has 0 aliphatic rings. The molecule has 0 spiro atoms. The van der Waals surface area contributed by atoms with Crippen molar-refractivity contribution in [1.29, 1.82) is 0 Å². The third kappa shape index (κ3) is 3.35. The molecule has 0 saturated heterocycles. The minimum absolute atomic E-state index is 0.225. The quantitative estimate of drug-likeness (QED) is 0.915. The van der Waals surface area contributed by atoms with Gasteiger partial charge < -0.3 is 9.73 Å². The number of rotatable bonds is 4. The number of halogens is 2. The van der Waals surface area contributed by atoms with Gasteiger partial charge in [-0.15, -0.1) is 0 Å². The number of furan rings is 1. The first-order valence-electron chi connectivity index (χ1n) is 5.33. The second-order valence-corrected chi connectivity index (χ2v) is 5.23. The minimum atomic E-state index is 0.225. The zero-order valence-electron chi connectivity index (χ0n) is 9.41. The van der Waals surface area contributed by atoms with Gasteiger partial charge in [0.15, 0.2) is 0 Å². The maximum atomic E-state index is 6.06. The molecule has 90 valence electrons. The molecule has 0 amide bonds. The van der Waals surface area contributed by atoms with E-state index in [-0.39, 0.29) is 6.04 Å². The second-order valence-electron chi connectivity index (χ2n) is 3.88. The normalized spacial score (nSPS) is 12.6. The van der Waals surface area contributed by atoms with Crippen LogP contribution in [-0.4, -0.2) is 7.05 Å². The average molecular weight is 315 g/mol. The molecule has 2 aromatic rings. The highest BCUT2D eigenvalue weighted by molar-refractivity contribution is 9.10. The minimum Gasteiger partial charge on any atom is -0.472 e. The highest BCUT2D eigenvalue weighted by atomic mass is 79.9. The molecule has 0 aliphatic carbocycles. The summed E-state index contributed by atoms with van der Waals surface area (Å²) in [7, 11) is 1.94. The molecule has 2 rings (SSSR count). The van der Waals surface area contributed by atoms with E-state index < -0.39 is 0 Å². The van der Waals surface area contributed by atoms with E-state index in [4.69, 9.17) is 16.0 Å². The molecule has 0 fully saturated rings. The number of hydrogen-bond acceptors (Lipinski definition) is 2. The predicted molar refractivity (Wildman–Crippen MR) is 73.4 cm³/mol. The van der Waals surface area contributed by atoms with Crippen LogP contribution in [0.4, 0.5) is 0 Å². The van der Waals surface area contributed by atoms with Gasteiger partial charge in [0, 0.05) is 15.5 Å². The molecule has 0 bridgehead atoms. The van der Waals surface area contributed by atoms with Crippen LogP contribution in [0.2, 0.25) is 5.02 Å². The van der Waals surface area contributed by atoms with Crippen LogP contribution in [0, 0.1) is 0 Å². The van der Waals surface area contributed by atoms with Gasteiger partial charge in [0.25, 0.3) is 0 Å². The Morgan fingerprint density at radius 1 is 1.41 bits per heavy atom.